The van der Waals surface area contributed by atoms with Gasteiger partial charge in [-0.25, -0.2) is 9.97 Å². The van der Waals surface area contributed by atoms with Gasteiger partial charge in [-0.05, 0) is 25.3 Å². The van der Waals surface area contributed by atoms with E-state index in [1.807, 2.05) is 0 Å². The first kappa shape index (κ1) is 17.0. The van der Waals surface area contributed by atoms with Crippen LogP contribution in [0.25, 0.3) is 0 Å². The number of piperidine rings is 1. The summed E-state index contributed by atoms with van der Waals surface area (Å²) in [6.45, 7) is 1.47. The number of aliphatic hydroxyl groups is 1. The number of nitrogens with zero attached hydrogens (tertiary/aromatic N) is 3. The molecule has 0 radical (unpaired) electrons. The van der Waals surface area contributed by atoms with E-state index in [0.29, 0.717) is 26.1 Å². The lowest BCUT2D eigenvalue weighted by molar-refractivity contribution is -0.141. The van der Waals surface area contributed by atoms with Crippen LogP contribution in [0.3, 0.4) is 0 Å². The molecular formula is C14H20F3N3O2. The van der Waals surface area contributed by atoms with Crippen molar-refractivity contribution in [1.29, 1.82) is 0 Å². The van der Waals surface area contributed by atoms with Gasteiger partial charge in [0, 0.05) is 38.4 Å². The quantitative estimate of drug-likeness (QED) is 0.901. The van der Waals surface area contributed by atoms with E-state index in [1.165, 1.54) is 0 Å². The zero-order chi connectivity index (χ0) is 16.2. The van der Waals surface area contributed by atoms with Crippen LogP contribution in [0.2, 0.25) is 0 Å². The fourth-order valence-corrected chi connectivity index (χ4v) is 2.77. The summed E-state index contributed by atoms with van der Waals surface area (Å²) in [6, 6.07) is 0.859. The molecule has 8 heteroatoms. The zero-order valence-corrected chi connectivity index (χ0v) is 12.4. The predicted molar refractivity (Wildman–Crippen MR) is 74.5 cm³/mol. The molecule has 0 bridgehead atoms. The summed E-state index contributed by atoms with van der Waals surface area (Å²) in [6.07, 6.45) is -1.14. The van der Waals surface area contributed by atoms with Crippen LogP contribution in [0, 0.1) is 5.41 Å². The SMILES string of the molecule is COCC[C@@]1(CO)CCCN(c2nccc(C(F)(F)F)n2)C1. The third-order valence-electron chi connectivity index (χ3n) is 4.05. The molecule has 1 saturated heterocycles. The van der Waals surface area contributed by atoms with Crippen LogP contribution in [0.15, 0.2) is 12.3 Å². The van der Waals surface area contributed by atoms with Gasteiger partial charge in [0.15, 0.2) is 0 Å². The Morgan fingerprint density at radius 2 is 2.23 bits per heavy atom. The van der Waals surface area contributed by atoms with Gasteiger partial charge in [0.2, 0.25) is 5.95 Å². The van der Waals surface area contributed by atoms with E-state index < -0.39 is 11.9 Å². The second-order valence-corrected chi connectivity index (χ2v) is 5.67. The maximum atomic E-state index is 12.8. The van der Waals surface area contributed by atoms with Crippen LogP contribution in [0.1, 0.15) is 25.0 Å². The second-order valence-electron chi connectivity index (χ2n) is 5.67. The third-order valence-corrected chi connectivity index (χ3v) is 4.05. The molecule has 124 valence electrons. The highest BCUT2D eigenvalue weighted by Gasteiger charge is 2.37. The molecule has 1 N–H and O–H groups in total. The summed E-state index contributed by atoms with van der Waals surface area (Å²) in [4.78, 5) is 9.30. The lowest BCUT2D eigenvalue weighted by Crippen LogP contribution is -2.46. The largest absolute Gasteiger partial charge is 0.433 e. The van der Waals surface area contributed by atoms with Crippen molar-refractivity contribution in [3.8, 4) is 0 Å². The number of alkyl halides is 3. The topological polar surface area (TPSA) is 58.5 Å². The van der Waals surface area contributed by atoms with E-state index in [9.17, 15) is 18.3 Å². The first-order valence-electron chi connectivity index (χ1n) is 7.15. The van der Waals surface area contributed by atoms with E-state index in [4.69, 9.17) is 4.74 Å². The molecule has 1 atom stereocenters. The Balaban J connectivity index is 2.18. The molecule has 0 aromatic carbocycles. The molecule has 5 nitrogen and oxygen atoms in total. The Labute approximate surface area is 127 Å². The Hall–Kier alpha value is -1.41. The summed E-state index contributed by atoms with van der Waals surface area (Å²) in [7, 11) is 1.58. The maximum Gasteiger partial charge on any atom is 0.433 e. The summed E-state index contributed by atoms with van der Waals surface area (Å²) in [5, 5.41) is 9.71. The number of aromatic nitrogens is 2. The fourth-order valence-electron chi connectivity index (χ4n) is 2.77. The Morgan fingerprint density at radius 1 is 1.45 bits per heavy atom. The molecule has 2 heterocycles. The molecule has 0 amide bonds. The first-order chi connectivity index (χ1) is 10.4. The van der Waals surface area contributed by atoms with E-state index in [-0.39, 0.29) is 18.0 Å². The minimum atomic E-state index is -4.49. The number of rotatable bonds is 5. The number of halogens is 3. The molecule has 0 saturated carbocycles. The van der Waals surface area contributed by atoms with Gasteiger partial charge in [-0.2, -0.15) is 13.2 Å². The lowest BCUT2D eigenvalue weighted by atomic mass is 9.78. The smallest absolute Gasteiger partial charge is 0.396 e. The van der Waals surface area contributed by atoms with Crippen LogP contribution in [0.5, 0.6) is 0 Å². The van der Waals surface area contributed by atoms with Gasteiger partial charge in [-0.3, -0.25) is 0 Å². The first-order valence-corrected chi connectivity index (χ1v) is 7.15. The lowest BCUT2D eigenvalue weighted by Gasteiger charge is -2.41. The number of methoxy groups -OCH3 is 1. The summed E-state index contributed by atoms with van der Waals surface area (Å²) in [5.41, 5.74) is -1.33. The van der Waals surface area contributed by atoms with Crippen molar-refractivity contribution in [3.63, 3.8) is 0 Å². The van der Waals surface area contributed by atoms with E-state index in [0.717, 1.165) is 25.1 Å². The van der Waals surface area contributed by atoms with Crippen molar-refractivity contribution in [1.82, 2.24) is 9.97 Å². The molecule has 0 spiro atoms. The van der Waals surface area contributed by atoms with Gasteiger partial charge < -0.3 is 14.7 Å². The fraction of sp³-hybridized carbons (Fsp3) is 0.714. The highest BCUT2D eigenvalue weighted by Crippen LogP contribution is 2.35. The van der Waals surface area contributed by atoms with Crippen LogP contribution in [0.4, 0.5) is 19.1 Å². The van der Waals surface area contributed by atoms with Gasteiger partial charge in [-0.1, -0.05) is 0 Å². The summed E-state index contributed by atoms with van der Waals surface area (Å²) in [5.74, 6) is 0.0600. The van der Waals surface area contributed by atoms with Crippen LogP contribution in [-0.2, 0) is 10.9 Å². The molecule has 2 rings (SSSR count). The molecule has 1 aromatic rings. The van der Waals surface area contributed by atoms with Crippen molar-refractivity contribution in [2.24, 2.45) is 5.41 Å². The highest BCUT2D eigenvalue weighted by molar-refractivity contribution is 5.32. The maximum absolute atomic E-state index is 12.8. The van der Waals surface area contributed by atoms with E-state index in [1.54, 1.807) is 12.0 Å². The van der Waals surface area contributed by atoms with Crippen molar-refractivity contribution >= 4 is 5.95 Å². The van der Waals surface area contributed by atoms with Crippen molar-refractivity contribution in [2.75, 3.05) is 38.3 Å². The summed E-state index contributed by atoms with van der Waals surface area (Å²) < 4.78 is 43.3. The van der Waals surface area contributed by atoms with E-state index >= 15 is 0 Å². The van der Waals surface area contributed by atoms with Crippen LogP contribution >= 0.6 is 0 Å². The van der Waals surface area contributed by atoms with Gasteiger partial charge in [0.1, 0.15) is 5.69 Å². The Kier molecular flexibility index (Phi) is 5.23. The van der Waals surface area contributed by atoms with Gasteiger partial charge in [-0.15, -0.1) is 0 Å². The minimum absolute atomic E-state index is 0.0359. The number of aliphatic hydroxyl groups excluding tert-OH is 1. The average molecular weight is 319 g/mol. The molecular weight excluding hydrogens is 299 g/mol. The predicted octanol–water partition coefficient (Wildman–Crippen LogP) is 2.11. The van der Waals surface area contributed by atoms with Crippen molar-refractivity contribution < 1.29 is 23.0 Å². The zero-order valence-electron chi connectivity index (χ0n) is 12.4. The average Bonchev–Trinajstić information content (AvgIpc) is 2.52. The van der Waals surface area contributed by atoms with Gasteiger partial charge in [0.05, 0.1) is 6.61 Å². The molecule has 1 fully saturated rings. The molecule has 22 heavy (non-hydrogen) atoms. The van der Waals surface area contributed by atoms with Crippen LogP contribution in [-0.4, -0.2) is 48.5 Å². The van der Waals surface area contributed by atoms with Gasteiger partial charge >= 0.3 is 6.18 Å². The summed E-state index contributed by atoms with van der Waals surface area (Å²) >= 11 is 0. The Bertz CT molecular complexity index is 498. The molecule has 1 aliphatic heterocycles. The minimum Gasteiger partial charge on any atom is -0.396 e. The number of anilines is 1. The normalized spacial score (nSPS) is 22.9. The number of hydrogen-bond acceptors (Lipinski definition) is 5. The van der Waals surface area contributed by atoms with Crippen LogP contribution < -0.4 is 4.90 Å². The molecule has 0 unspecified atom stereocenters. The van der Waals surface area contributed by atoms with Crippen molar-refractivity contribution in [2.45, 2.75) is 25.4 Å². The third kappa shape index (κ3) is 3.86. The Morgan fingerprint density at radius 3 is 2.86 bits per heavy atom. The number of hydrogen-bond donors (Lipinski definition) is 1. The second kappa shape index (κ2) is 6.78. The highest BCUT2D eigenvalue weighted by atomic mass is 19.4. The van der Waals surface area contributed by atoms with Crippen molar-refractivity contribution in [3.05, 3.63) is 18.0 Å². The standard InChI is InChI=1S/C14H20F3N3O2/c1-22-8-5-13(10-21)4-2-7-20(9-13)12-18-6-3-11(19-12)14(15,16)17/h3,6,21H,2,4-5,7-10H2,1H3/t13-/m0/s1. The molecule has 1 aromatic heterocycles. The molecule has 0 aliphatic carbocycles. The monoisotopic (exact) mass is 319 g/mol. The van der Waals surface area contributed by atoms with E-state index in [2.05, 4.69) is 9.97 Å². The number of ether oxygens (including phenoxy) is 1. The van der Waals surface area contributed by atoms with Gasteiger partial charge in [0.25, 0.3) is 0 Å². The molecule has 1 aliphatic rings.